The number of Topliss-reactive ketones (excluding diaryl/α,β-unsaturated/α-hetero) is 1. The summed E-state index contributed by atoms with van der Waals surface area (Å²) in [6.45, 7) is 7.45. The van der Waals surface area contributed by atoms with Crippen LogP contribution in [0, 0.1) is 5.92 Å². The third kappa shape index (κ3) is 8.27. The number of nitrogens with one attached hydrogen (secondary N) is 4. The van der Waals surface area contributed by atoms with Gasteiger partial charge in [-0.05, 0) is 67.7 Å². The number of hydrogen-bond acceptors (Lipinski definition) is 7. The minimum atomic E-state index is -4.22. The van der Waals surface area contributed by atoms with Gasteiger partial charge in [-0.25, -0.2) is 17.9 Å². The average molecular weight is 650 g/mol. The van der Waals surface area contributed by atoms with E-state index in [1.54, 1.807) is 12.1 Å². The second-order valence-corrected chi connectivity index (χ2v) is 13.0. The van der Waals surface area contributed by atoms with Crippen molar-refractivity contribution < 1.29 is 32.4 Å². The van der Waals surface area contributed by atoms with Crippen LogP contribution < -0.4 is 20.7 Å². The monoisotopic (exact) mass is 649 g/mol. The summed E-state index contributed by atoms with van der Waals surface area (Å²) in [5, 5.41) is 7.67. The van der Waals surface area contributed by atoms with Crippen molar-refractivity contribution in [3.05, 3.63) is 91.0 Å². The van der Waals surface area contributed by atoms with Crippen molar-refractivity contribution in [1.29, 1.82) is 0 Å². The van der Waals surface area contributed by atoms with E-state index in [0.717, 1.165) is 11.1 Å². The molecule has 4 N–H and O–H groups in total. The Kier molecular flexibility index (Phi) is 11.5. The molecule has 244 valence electrons. The number of allylic oxidation sites excluding steroid dienone is 1. The molecule has 0 aromatic heterocycles. The number of amides is 5. The van der Waals surface area contributed by atoms with Crippen molar-refractivity contribution in [3.8, 4) is 0 Å². The number of hydrogen-bond donors (Lipinski definition) is 4. The molecule has 3 atom stereocenters. The van der Waals surface area contributed by atoms with Crippen LogP contribution in [0.15, 0.2) is 84.8 Å². The number of likely N-dealkylation sites (tertiary alicyclic amines) is 1. The molecule has 1 unspecified atom stereocenters. The molecule has 5 amide bonds. The number of sulfonamides is 1. The van der Waals surface area contributed by atoms with Crippen molar-refractivity contribution in [3.63, 3.8) is 0 Å². The summed E-state index contributed by atoms with van der Waals surface area (Å²) in [5.74, 6) is -3.24. The highest BCUT2D eigenvalue weighted by Gasteiger charge is 2.43. The molecule has 46 heavy (non-hydrogen) atoms. The second kappa shape index (κ2) is 15.5. The van der Waals surface area contributed by atoms with Crippen LogP contribution in [0.4, 0.5) is 4.79 Å². The van der Waals surface area contributed by atoms with Gasteiger partial charge in [-0.3, -0.25) is 19.2 Å². The Balaban J connectivity index is 1.54. The van der Waals surface area contributed by atoms with Gasteiger partial charge < -0.3 is 20.9 Å². The van der Waals surface area contributed by atoms with Gasteiger partial charge in [-0.2, -0.15) is 0 Å². The minimum absolute atomic E-state index is 0.0806. The largest absolute Gasteiger partial charge is 0.346 e. The zero-order valence-electron chi connectivity index (χ0n) is 25.4. The molecule has 2 aliphatic rings. The lowest BCUT2D eigenvalue weighted by Gasteiger charge is -2.32. The number of ketones is 1. The highest BCUT2D eigenvalue weighted by molar-refractivity contribution is 7.90. The van der Waals surface area contributed by atoms with Gasteiger partial charge in [0.05, 0.1) is 10.9 Å². The van der Waals surface area contributed by atoms with E-state index in [1.165, 1.54) is 35.2 Å². The van der Waals surface area contributed by atoms with Crippen LogP contribution in [0.3, 0.4) is 0 Å². The topological polar surface area (TPSA) is 171 Å². The highest BCUT2D eigenvalue weighted by atomic mass is 32.2. The first-order valence-corrected chi connectivity index (χ1v) is 16.6. The van der Waals surface area contributed by atoms with Crippen LogP contribution in [-0.4, -0.2) is 74.1 Å². The van der Waals surface area contributed by atoms with Gasteiger partial charge in [0.25, 0.3) is 15.9 Å². The first-order chi connectivity index (χ1) is 22.1. The Morgan fingerprint density at radius 3 is 2.20 bits per heavy atom. The van der Waals surface area contributed by atoms with E-state index in [4.69, 9.17) is 0 Å². The number of carbonyl (C=O) groups excluding carboxylic acids is 5. The molecule has 12 nitrogen and oxygen atoms in total. The maximum Gasteiger partial charge on any atom is 0.329 e. The maximum atomic E-state index is 14.2. The zero-order chi connectivity index (χ0) is 33.3. The van der Waals surface area contributed by atoms with Gasteiger partial charge in [-0.1, -0.05) is 54.6 Å². The fourth-order valence-corrected chi connectivity index (χ4v) is 6.81. The van der Waals surface area contributed by atoms with E-state index in [0.29, 0.717) is 32.1 Å². The molecule has 13 heteroatoms. The van der Waals surface area contributed by atoms with Crippen LogP contribution in [0.25, 0.3) is 0 Å². The van der Waals surface area contributed by atoms with Crippen molar-refractivity contribution in [2.75, 3.05) is 13.1 Å². The van der Waals surface area contributed by atoms with E-state index in [1.807, 2.05) is 29.0 Å². The number of benzene rings is 2. The number of rotatable bonds is 14. The molecule has 0 bridgehead atoms. The predicted molar refractivity (Wildman–Crippen MR) is 171 cm³/mol. The van der Waals surface area contributed by atoms with Gasteiger partial charge in [0, 0.05) is 13.1 Å². The van der Waals surface area contributed by atoms with Crippen molar-refractivity contribution in [2.45, 2.75) is 61.5 Å². The molecule has 1 heterocycles. The lowest BCUT2D eigenvalue weighted by Crippen LogP contribution is -2.59. The summed E-state index contributed by atoms with van der Waals surface area (Å²) in [6.07, 6.45) is 5.19. The van der Waals surface area contributed by atoms with Crippen LogP contribution in [0.2, 0.25) is 0 Å². The molecule has 0 spiro atoms. The quantitative estimate of drug-likeness (QED) is 0.179. The van der Waals surface area contributed by atoms with Crippen LogP contribution in [0.1, 0.15) is 36.8 Å². The highest BCUT2D eigenvalue weighted by Crippen LogP contribution is 2.31. The summed E-state index contributed by atoms with van der Waals surface area (Å²) in [5.41, 5.74) is 2.02. The normalized spacial score (nSPS) is 17.2. The fraction of sp³-hybridized carbons (Fsp3) is 0.364. The minimum Gasteiger partial charge on any atom is -0.346 e. The number of nitrogens with zero attached hydrogens (tertiary/aromatic N) is 1. The van der Waals surface area contributed by atoms with Crippen LogP contribution in [-0.2, 0) is 42.0 Å². The molecule has 0 saturated carbocycles. The molecule has 0 radical (unpaired) electrons. The van der Waals surface area contributed by atoms with Crippen molar-refractivity contribution in [1.82, 2.24) is 25.6 Å². The number of urea groups is 1. The molecule has 2 aromatic rings. The summed E-state index contributed by atoms with van der Waals surface area (Å²) in [4.78, 5) is 67.4. The van der Waals surface area contributed by atoms with E-state index in [9.17, 15) is 32.4 Å². The zero-order valence-corrected chi connectivity index (χ0v) is 26.3. The van der Waals surface area contributed by atoms with Gasteiger partial charge >= 0.3 is 6.03 Å². The lowest BCUT2D eigenvalue weighted by atomic mass is 9.95. The van der Waals surface area contributed by atoms with Gasteiger partial charge in [0.1, 0.15) is 12.1 Å². The average Bonchev–Trinajstić information content (AvgIpc) is 3.72. The number of fused-ring (bicyclic) bond motifs is 1. The Morgan fingerprint density at radius 1 is 0.913 bits per heavy atom. The summed E-state index contributed by atoms with van der Waals surface area (Å²) in [7, 11) is -4.22. The molecular formula is C33H39N5O7S. The van der Waals surface area contributed by atoms with Crippen molar-refractivity contribution in [2.24, 2.45) is 5.92 Å². The van der Waals surface area contributed by atoms with Crippen LogP contribution in [0.5, 0.6) is 0 Å². The van der Waals surface area contributed by atoms with Gasteiger partial charge in [0.2, 0.25) is 17.6 Å². The SMILES string of the molecule is C=CCCC(NC(=O)[C@@H]1CCCN1C(=O)[C@@H](NC(=O)NS(=O)(=O)c1ccccc1)C1Cc2ccccc2C1)C(=O)C(=O)NCC=C. The maximum absolute atomic E-state index is 14.2. The second-order valence-electron chi connectivity index (χ2n) is 11.3. The molecule has 2 aromatic carbocycles. The predicted octanol–water partition coefficient (Wildman–Crippen LogP) is 1.77. The van der Waals surface area contributed by atoms with Crippen LogP contribution >= 0.6 is 0 Å². The summed E-state index contributed by atoms with van der Waals surface area (Å²) in [6, 6.07) is 10.7. The van der Waals surface area contributed by atoms with Gasteiger partial charge in [-0.15, -0.1) is 13.2 Å². The summed E-state index contributed by atoms with van der Waals surface area (Å²) >= 11 is 0. The van der Waals surface area contributed by atoms with Gasteiger partial charge in [0.15, 0.2) is 0 Å². The number of carbonyl (C=O) groups is 5. The lowest BCUT2D eigenvalue weighted by molar-refractivity contribution is -0.143. The molecule has 4 rings (SSSR count). The molecule has 1 aliphatic heterocycles. The molecule has 1 fully saturated rings. The Morgan fingerprint density at radius 2 is 1.57 bits per heavy atom. The first-order valence-electron chi connectivity index (χ1n) is 15.2. The van der Waals surface area contributed by atoms with E-state index in [2.05, 4.69) is 29.1 Å². The molecular weight excluding hydrogens is 610 g/mol. The van der Waals surface area contributed by atoms with E-state index >= 15 is 0 Å². The van der Waals surface area contributed by atoms with E-state index in [-0.39, 0.29) is 24.4 Å². The Labute approximate surface area is 268 Å². The first kappa shape index (κ1) is 34.1. The third-order valence-electron chi connectivity index (χ3n) is 8.15. The fourth-order valence-electron chi connectivity index (χ4n) is 5.87. The molecule has 1 saturated heterocycles. The van der Waals surface area contributed by atoms with Crippen molar-refractivity contribution >= 4 is 39.6 Å². The Hall–Kier alpha value is -4.78. The Bertz CT molecular complexity index is 1570. The standard InChI is InChI=1S/C33H39N5O7S/c1-3-5-16-26(29(39)31(41)34-18-4-2)35-30(40)27-17-11-19-38(27)32(42)28(24-20-22-12-9-10-13-23(22)21-24)36-33(43)37-46(44,45)25-14-7-6-8-15-25/h3-4,6-10,12-15,24,26-28H,1-2,5,11,16-21H2,(H,34,41)(H,35,40)(H2,36,37,43)/t26?,27-,28-/m0/s1. The smallest absolute Gasteiger partial charge is 0.329 e. The third-order valence-corrected chi connectivity index (χ3v) is 9.50. The summed E-state index contributed by atoms with van der Waals surface area (Å²) < 4.78 is 27.7. The van der Waals surface area contributed by atoms with E-state index < -0.39 is 63.6 Å². The molecule has 1 aliphatic carbocycles.